The topological polar surface area (TPSA) is 120 Å². The van der Waals surface area contributed by atoms with Crippen molar-refractivity contribution in [2.75, 3.05) is 11.1 Å². The van der Waals surface area contributed by atoms with E-state index in [1.165, 1.54) is 6.07 Å². The van der Waals surface area contributed by atoms with Gasteiger partial charge >= 0.3 is 0 Å². The standard InChI is InChI=1S/C19H21N5O3S/c1-12-8-9-15(10-14(12)3)28(26,27)19-18(20)24(23-22-19)11-17(25)21-16-7-5-4-6-13(16)2/h4-10H,11,20H2,1-3H3,(H,21,25). The van der Waals surface area contributed by atoms with Gasteiger partial charge in [0.25, 0.3) is 0 Å². The monoisotopic (exact) mass is 399 g/mol. The first-order chi connectivity index (χ1) is 13.2. The molecule has 0 aliphatic carbocycles. The van der Waals surface area contributed by atoms with Gasteiger partial charge < -0.3 is 11.1 Å². The largest absolute Gasteiger partial charge is 0.381 e. The van der Waals surface area contributed by atoms with Crippen LogP contribution in [0, 0.1) is 20.8 Å². The summed E-state index contributed by atoms with van der Waals surface area (Å²) in [6.45, 7) is 5.33. The average Bonchev–Trinajstić information content (AvgIpc) is 3.00. The average molecular weight is 399 g/mol. The van der Waals surface area contributed by atoms with Crippen molar-refractivity contribution in [1.82, 2.24) is 15.0 Å². The number of hydrogen-bond acceptors (Lipinski definition) is 6. The highest BCUT2D eigenvalue weighted by Crippen LogP contribution is 2.25. The molecule has 0 aliphatic rings. The number of carbonyl (C=O) groups is 1. The first-order valence-electron chi connectivity index (χ1n) is 8.57. The number of nitrogen functional groups attached to an aromatic ring is 1. The third kappa shape index (κ3) is 3.74. The number of nitrogens with zero attached hydrogens (tertiary/aromatic N) is 3. The molecule has 0 unspecified atom stereocenters. The van der Waals surface area contributed by atoms with Gasteiger partial charge in [0.05, 0.1) is 4.90 Å². The van der Waals surface area contributed by atoms with Gasteiger partial charge in [0.1, 0.15) is 6.54 Å². The number of benzene rings is 2. The van der Waals surface area contributed by atoms with E-state index in [-0.39, 0.29) is 28.2 Å². The molecule has 0 atom stereocenters. The van der Waals surface area contributed by atoms with Gasteiger partial charge in [0.15, 0.2) is 5.82 Å². The lowest BCUT2D eigenvalue weighted by Crippen LogP contribution is -2.21. The third-order valence-electron chi connectivity index (χ3n) is 4.50. The lowest BCUT2D eigenvalue weighted by Gasteiger charge is -2.09. The van der Waals surface area contributed by atoms with Gasteiger partial charge in [-0.3, -0.25) is 4.79 Å². The van der Waals surface area contributed by atoms with E-state index >= 15 is 0 Å². The summed E-state index contributed by atoms with van der Waals surface area (Å²) in [4.78, 5) is 12.4. The molecule has 1 amide bonds. The van der Waals surface area contributed by atoms with Gasteiger partial charge in [-0.05, 0) is 55.7 Å². The number of aryl methyl sites for hydroxylation is 3. The summed E-state index contributed by atoms with van der Waals surface area (Å²) in [7, 11) is -3.94. The van der Waals surface area contributed by atoms with Crippen LogP contribution in [0.3, 0.4) is 0 Å². The Morgan fingerprint density at radius 3 is 2.46 bits per heavy atom. The predicted molar refractivity (Wildman–Crippen MR) is 106 cm³/mol. The molecular formula is C19H21N5O3S. The van der Waals surface area contributed by atoms with Crippen molar-refractivity contribution in [1.29, 1.82) is 0 Å². The molecule has 3 aromatic rings. The number of anilines is 2. The Hall–Kier alpha value is -3.20. The molecular weight excluding hydrogens is 378 g/mol. The quantitative estimate of drug-likeness (QED) is 0.679. The Morgan fingerprint density at radius 1 is 1.07 bits per heavy atom. The fourth-order valence-corrected chi connectivity index (χ4v) is 3.97. The van der Waals surface area contributed by atoms with Crippen LogP contribution in [0.2, 0.25) is 0 Å². The molecule has 3 rings (SSSR count). The van der Waals surface area contributed by atoms with Crippen molar-refractivity contribution in [3.63, 3.8) is 0 Å². The van der Waals surface area contributed by atoms with Gasteiger partial charge in [-0.2, -0.15) is 0 Å². The SMILES string of the molecule is Cc1ccc(S(=O)(=O)c2nnn(CC(=O)Nc3ccccc3C)c2N)cc1C. The van der Waals surface area contributed by atoms with E-state index in [0.29, 0.717) is 5.69 Å². The molecule has 8 nitrogen and oxygen atoms in total. The minimum absolute atomic E-state index is 0.0821. The number of hydrogen-bond donors (Lipinski definition) is 2. The highest BCUT2D eigenvalue weighted by atomic mass is 32.2. The van der Waals surface area contributed by atoms with Crippen LogP contribution in [-0.4, -0.2) is 29.3 Å². The fourth-order valence-electron chi connectivity index (χ4n) is 2.64. The molecule has 0 saturated carbocycles. The second-order valence-electron chi connectivity index (χ2n) is 6.55. The van der Waals surface area contributed by atoms with E-state index in [0.717, 1.165) is 21.4 Å². The van der Waals surface area contributed by atoms with E-state index in [9.17, 15) is 13.2 Å². The molecule has 0 fully saturated rings. The maximum atomic E-state index is 12.9. The molecule has 146 valence electrons. The van der Waals surface area contributed by atoms with Gasteiger partial charge in [-0.1, -0.05) is 29.5 Å². The van der Waals surface area contributed by atoms with E-state index in [1.807, 2.05) is 32.9 Å². The second-order valence-corrected chi connectivity index (χ2v) is 8.42. The molecule has 0 bridgehead atoms. The minimum atomic E-state index is -3.94. The van der Waals surface area contributed by atoms with Crippen LogP contribution in [0.4, 0.5) is 11.5 Å². The molecule has 0 saturated heterocycles. The van der Waals surface area contributed by atoms with Crippen molar-refractivity contribution in [3.8, 4) is 0 Å². The third-order valence-corrected chi connectivity index (χ3v) is 6.17. The highest BCUT2D eigenvalue weighted by Gasteiger charge is 2.27. The molecule has 0 radical (unpaired) electrons. The van der Waals surface area contributed by atoms with Crippen LogP contribution in [0.5, 0.6) is 0 Å². The van der Waals surface area contributed by atoms with Crippen molar-refractivity contribution >= 4 is 27.2 Å². The Balaban J connectivity index is 1.84. The number of carbonyl (C=O) groups excluding carboxylic acids is 1. The molecule has 2 aromatic carbocycles. The summed E-state index contributed by atoms with van der Waals surface area (Å²) in [6.07, 6.45) is 0. The van der Waals surface area contributed by atoms with Crippen molar-refractivity contribution < 1.29 is 13.2 Å². The zero-order valence-corrected chi connectivity index (χ0v) is 16.6. The summed E-state index contributed by atoms with van der Waals surface area (Å²) in [5, 5.41) is 9.85. The maximum absolute atomic E-state index is 12.9. The number of aromatic nitrogens is 3. The van der Waals surface area contributed by atoms with Crippen LogP contribution < -0.4 is 11.1 Å². The smallest absolute Gasteiger partial charge is 0.246 e. The summed E-state index contributed by atoms with van der Waals surface area (Å²) in [5.41, 5.74) is 9.32. The van der Waals surface area contributed by atoms with Crippen molar-refractivity contribution in [2.45, 2.75) is 37.2 Å². The number of rotatable bonds is 5. The Morgan fingerprint density at radius 2 is 1.79 bits per heavy atom. The zero-order chi connectivity index (χ0) is 20.5. The molecule has 28 heavy (non-hydrogen) atoms. The number of nitrogens with one attached hydrogen (secondary N) is 1. The van der Waals surface area contributed by atoms with E-state index < -0.39 is 9.84 Å². The summed E-state index contributed by atoms with van der Waals surface area (Å²) < 4.78 is 26.8. The minimum Gasteiger partial charge on any atom is -0.381 e. The van der Waals surface area contributed by atoms with Gasteiger partial charge in [0.2, 0.25) is 20.8 Å². The highest BCUT2D eigenvalue weighted by molar-refractivity contribution is 7.91. The molecule has 0 aliphatic heterocycles. The van der Waals surface area contributed by atoms with Crippen LogP contribution in [0.15, 0.2) is 52.4 Å². The van der Waals surface area contributed by atoms with Gasteiger partial charge in [-0.15, -0.1) is 5.10 Å². The lowest BCUT2D eigenvalue weighted by atomic mass is 10.1. The summed E-state index contributed by atoms with van der Waals surface area (Å²) in [6, 6.07) is 12.1. The molecule has 9 heteroatoms. The predicted octanol–water partition coefficient (Wildman–Crippen LogP) is 2.26. The molecule has 0 spiro atoms. The van der Waals surface area contributed by atoms with E-state index in [1.54, 1.807) is 24.3 Å². The molecule has 1 heterocycles. The summed E-state index contributed by atoms with van der Waals surface area (Å²) >= 11 is 0. The van der Waals surface area contributed by atoms with Crippen LogP contribution in [-0.2, 0) is 21.2 Å². The number of nitrogens with two attached hydrogens (primary N) is 1. The fraction of sp³-hybridized carbons (Fsp3) is 0.211. The van der Waals surface area contributed by atoms with Crippen LogP contribution in [0.25, 0.3) is 0 Å². The van der Waals surface area contributed by atoms with E-state index in [2.05, 4.69) is 15.6 Å². The van der Waals surface area contributed by atoms with Gasteiger partial charge in [-0.25, -0.2) is 13.1 Å². The van der Waals surface area contributed by atoms with Crippen molar-refractivity contribution in [3.05, 3.63) is 59.2 Å². The normalized spacial score (nSPS) is 11.4. The first kappa shape index (κ1) is 19.6. The Kier molecular flexibility index (Phi) is 5.19. The molecule has 1 aromatic heterocycles. The number of amides is 1. The zero-order valence-electron chi connectivity index (χ0n) is 15.8. The van der Waals surface area contributed by atoms with Gasteiger partial charge in [0, 0.05) is 5.69 Å². The number of para-hydroxylation sites is 1. The van der Waals surface area contributed by atoms with Crippen molar-refractivity contribution in [2.24, 2.45) is 0 Å². The maximum Gasteiger partial charge on any atom is 0.246 e. The van der Waals surface area contributed by atoms with Crippen LogP contribution in [0.1, 0.15) is 16.7 Å². The summed E-state index contributed by atoms with van der Waals surface area (Å²) in [5.74, 6) is -0.570. The first-order valence-corrected chi connectivity index (χ1v) is 10.0. The lowest BCUT2D eigenvalue weighted by molar-refractivity contribution is -0.116. The Bertz CT molecular complexity index is 1150. The Labute approximate surface area is 163 Å². The van der Waals surface area contributed by atoms with E-state index in [4.69, 9.17) is 5.73 Å². The molecule has 3 N–H and O–H groups in total. The number of sulfone groups is 1. The second kappa shape index (κ2) is 7.43. The van der Waals surface area contributed by atoms with Crippen LogP contribution >= 0.6 is 0 Å².